The maximum atomic E-state index is 11.7. The van der Waals surface area contributed by atoms with E-state index < -0.39 is 0 Å². The molecule has 0 aromatic heterocycles. The van der Waals surface area contributed by atoms with Gasteiger partial charge in [0.25, 0.3) is 5.69 Å². The van der Waals surface area contributed by atoms with Gasteiger partial charge < -0.3 is 0 Å². The zero-order chi connectivity index (χ0) is 21.2. The van der Waals surface area contributed by atoms with Gasteiger partial charge in [0, 0.05) is 6.07 Å². The third kappa shape index (κ3) is 3.36. The first-order valence-electron chi connectivity index (χ1n) is 10.1. The third-order valence-corrected chi connectivity index (χ3v) is 5.60. The molecule has 3 heteroatoms. The highest BCUT2D eigenvalue weighted by molar-refractivity contribution is 6.09. The van der Waals surface area contributed by atoms with Crippen molar-refractivity contribution in [1.82, 2.24) is 0 Å². The molecule has 5 rings (SSSR count). The van der Waals surface area contributed by atoms with Crippen molar-refractivity contribution < 1.29 is 4.92 Å². The molecule has 31 heavy (non-hydrogen) atoms. The average molecular weight is 401 g/mol. The van der Waals surface area contributed by atoms with E-state index in [-0.39, 0.29) is 10.6 Å². The Morgan fingerprint density at radius 3 is 1.68 bits per heavy atom. The van der Waals surface area contributed by atoms with Crippen molar-refractivity contribution in [2.75, 3.05) is 0 Å². The monoisotopic (exact) mass is 401 g/mol. The normalized spacial score (nSPS) is 10.8. The molecule has 148 valence electrons. The van der Waals surface area contributed by atoms with Gasteiger partial charge in [0.05, 0.1) is 10.5 Å². The Bertz CT molecular complexity index is 1400. The molecule has 0 fully saturated rings. The number of nitro benzene ring substituents is 1. The molecule has 0 saturated heterocycles. The van der Waals surface area contributed by atoms with E-state index in [2.05, 4.69) is 42.5 Å². The first-order chi connectivity index (χ1) is 15.2. The maximum absolute atomic E-state index is 11.7. The van der Waals surface area contributed by atoms with Crippen LogP contribution in [0.25, 0.3) is 44.2 Å². The van der Waals surface area contributed by atoms with Gasteiger partial charge in [-0.25, -0.2) is 0 Å². The standard InChI is InChI=1S/C28H19NO2/c30-29(31)27-19-7-6-16-24(27)26-18-9-13-21-12-8-17-25(28(21)26)23-15-5-4-14-22(23)20-10-2-1-3-11-20/h1-19H. The predicted molar refractivity (Wildman–Crippen MR) is 127 cm³/mol. The lowest BCUT2D eigenvalue weighted by molar-refractivity contribution is -0.384. The summed E-state index contributed by atoms with van der Waals surface area (Å²) in [5.74, 6) is 0. The zero-order valence-electron chi connectivity index (χ0n) is 16.7. The summed E-state index contributed by atoms with van der Waals surface area (Å²) in [6.07, 6.45) is 0. The summed E-state index contributed by atoms with van der Waals surface area (Å²) in [7, 11) is 0. The third-order valence-electron chi connectivity index (χ3n) is 5.60. The molecule has 0 unspecified atom stereocenters. The first kappa shape index (κ1) is 18.8. The zero-order valence-corrected chi connectivity index (χ0v) is 16.7. The molecule has 0 aliphatic carbocycles. The van der Waals surface area contributed by atoms with E-state index in [0.29, 0.717) is 5.56 Å². The van der Waals surface area contributed by atoms with Crippen molar-refractivity contribution >= 4 is 16.5 Å². The summed E-state index contributed by atoms with van der Waals surface area (Å²) in [6.45, 7) is 0. The molecular weight excluding hydrogens is 382 g/mol. The van der Waals surface area contributed by atoms with Crippen molar-refractivity contribution in [1.29, 1.82) is 0 Å². The number of nitrogens with zero attached hydrogens (tertiary/aromatic N) is 1. The highest BCUT2D eigenvalue weighted by atomic mass is 16.6. The van der Waals surface area contributed by atoms with Crippen molar-refractivity contribution in [3.05, 3.63) is 125 Å². The molecule has 0 N–H and O–H groups in total. The number of nitro groups is 1. The van der Waals surface area contributed by atoms with Crippen molar-refractivity contribution in [3.63, 3.8) is 0 Å². The molecule has 5 aromatic carbocycles. The van der Waals surface area contributed by atoms with Crippen LogP contribution in [0, 0.1) is 10.1 Å². The average Bonchev–Trinajstić information content (AvgIpc) is 2.84. The lowest BCUT2D eigenvalue weighted by Gasteiger charge is -2.16. The van der Waals surface area contributed by atoms with E-state index in [1.54, 1.807) is 12.1 Å². The summed E-state index contributed by atoms with van der Waals surface area (Å²) in [4.78, 5) is 11.4. The topological polar surface area (TPSA) is 43.1 Å². The molecule has 0 amide bonds. The Morgan fingerprint density at radius 2 is 1.00 bits per heavy atom. The molecule has 0 atom stereocenters. The Balaban J connectivity index is 1.84. The van der Waals surface area contributed by atoms with Crippen molar-refractivity contribution in [2.24, 2.45) is 0 Å². The number of hydrogen-bond donors (Lipinski definition) is 0. The molecule has 0 heterocycles. The quantitative estimate of drug-likeness (QED) is 0.228. The Labute approximate surface area is 180 Å². The van der Waals surface area contributed by atoms with E-state index in [1.165, 1.54) is 0 Å². The second-order valence-electron chi connectivity index (χ2n) is 7.40. The molecule has 0 aliphatic heterocycles. The summed E-state index contributed by atoms with van der Waals surface area (Å²) in [6, 6.07) is 37.7. The van der Waals surface area contributed by atoms with Crippen molar-refractivity contribution in [2.45, 2.75) is 0 Å². The van der Waals surface area contributed by atoms with Gasteiger partial charge in [-0.15, -0.1) is 0 Å². The number of benzene rings is 5. The van der Waals surface area contributed by atoms with Gasteiger partial charge in [-0.1, -0.05) is 103 Å². The Hall–Kier alpha value is -4.24. The lowest BCUT2D eigenvalue weighted by Crippen LogP contribution is -1.93. The minimum atomic E-state index is -0.311. The highest BCUT2D eigenvalue weighted by Gasteiger charge is 2.19. The van der Waals surface area contributed by atoms with E-state index in [1.807, 2.05) is 60.7 Å². The van der Waals surface area contributed by atoms with Crippen LogP contribution in [0.3, 0.4) is 0 Å². The van der Waals surface area contributed by atoms with Crippen LogP contribution in [0.15, 0.2) is 115 Å². The summed E-state index contributed by atoms with van der Waals surface area (Å²) < 4.78 is 0. The van der Waals surface area contributed by atoms with Gasteiger partial charge in [-0.3, -0.25) is 10.1 Å². The van der Waals surface area contributed by atoms with Gasteiger partial charge >= 0.3 is 0 Å². The second-order valence-corrected chi connectivity index (χ2v) is 7.40. The van der Waals surface area contributed by atoms with Gasteiger partial charge in [0.15, 0.2) is 0 Å². The Morgan fingerprint density at radius 1 is 0.484 bits per heavy atom. The number of fused-ring (bicyclic) bond motifs is 1. The summed E-state index contributed by atoms with van der Waals surface area (Å²) >= 11 is 0. The molecule has 0 spiro atoms. The SMILES string of the molecule is O=[N+]([O-])c1ccccc1-c1cccc2cccc(-c3ccccc3-c3ccccc3)c12. The minimum absolute atomic E-state index is 0.112. The summed E-state index contributed by atoms with van der Waals surface area (Å²) in [5.41, 5.74) is 6.04. The number of rotatable bonds is 4. The molecule has 0 bridgehead atoms. The van der Waals surface area contributed by atoms with Crippen LogP contribution < -0.4 is 0 Å². The largest absolute Gasteiger partial charge is 0.277 e. The van der Waals surface area contributed by atoms with Crippen molar-refractivity contribution in [3.8, 4) is 33.4 Å². The van der Waals surface area contributed by atoms with Crippen LogP contribution >= 0.6 is 0 Å². The van der Waals surface area contributed by atoms with E-state index in [0.717, 1.165) is 38.6 Å². The highest BCUT2D eigenvalue weighted by Crippen LogP contribution is 2.42. The number of hydrogen-bond acceptors (Lipinski definition) is 2. The molecule has 5 aromatic rings. The van der Waals surface area contributed by atoms with Gasteiger partial charge in [0.1, 0.15) is 0 Å². The minimum Gasteiger partial charge on any atom is -0.258 e. The van der Waals surface area contributed by atoms with E-state index in [4.69, 9.17) is 0 Å². The molecule has 0 saturated carbocycles. The summed E-state index contributed by atoms with van der Waals surface area (Å²) in [5, 5.41) is 13.8. The maximum Gasteiger partial charge on any atom is 0.277 e. The first-order valence-corrected chi connectivity index (χ1v) is 10.1. The van der Waals surface area contributed by atoms with Gasteiger partial charge in [-0.05, 0) is 44.7 Å². The number of para-hydroxylation sites is 1. The smallest absolute Gasteiger partial charge is 0.258 e. The molecule has 3 nitrogen and oxygen atoms in total. The molecular formula is C28H19NO2. The van der Waals surface area contributed by atoms with Crippen LogP contribution in [0.2, 0.25) is 0 Å². The van der Waals surface area contributed by atoms with Crippen LogP contribution in [0.1, 0.15) is 0 Å². The van der Waals surface area contributed by atoms with Crippen LogP contribution in [-0.2, 0) is 0 Å². The molecule has 0 aliphatic rings. The second kappa shape index (κ2) is 7.88. The molecule has 0 radical (unpaired) electrons. The predicted octanol–water partition coefficient (Wildman–Crippen LogP) is 7.75. The lowest BCUT2D eigenvalue weighted by atomic mass is 9.88. The Kier molecular flexibility index (Phi) is 4.77. The fourth-order valence-electron chi connectivity index (χ4n) is 4.24. The van der Waals surface area contributed by atoms with Crippen LogP contribution in [-0.4, -0.2) is 4.92 Å². The fraction of sp³-hybridized carbons (Fsp3) is 0. The van der Waals surface area contributed by atoms with E-state index in [9.17, 15) is 10.1 Å². The van der Waals surface area contributed by atoms with Crippen LogP contribution in [0.5, 0.6) is 0 Å². The van der Waals surface area contributed by atoms with Gasteiger partial charge in [0.2, 0.25) is 0 Å². The fourth-order valence-corrected chi connectivity index (χ4v) is 4.24. The van der Waals surface area contributed by atoms with Crippen LogP contribution in [0.4, 0.5) is 5.69 Å². The van der Waals surface area contributed by atoms with Gasteiger partial charge in [-0.2, -0.15) is 0 Å². The van der Waals surface area contributed by atoms with E-state index >= 15 is 0 Å².